The van der Waals surface area contributed by atoms with Gasteiger partial charge in [-0.3, -0.25) is 9.59 Å². The van der Waals surface area contributed by atoms with Crippen LogP contribution in [0.25, 0.3) is 6.08 Å². The van der Waals surface area contributed by atoms with Crippen LogP contribution < -0.4 is 14.8 Å². The Labute approximate surface area is 165 Å². The maximum atomic E-state index is 12.2. The van der Waals surface area contributed by atoms with Crippen molar-refractivity contribution >= 4 is 46.4 Å². The van der Waals surface area contributed by atoms with Gasteiger partial charge in [0.05, 0.1) is 19.1 Å². The third kappa shape index (κ3) is 4.50. The molecule has 1 fully saturated rings. The molecule has 0 atom stereocenters. The van der Waals surface area contributed by atoms with Crippen molar-refractivity contribution in [3.8, 4) is 11.5 Å². The number of hydrogen-bond acceptors (Lipinski definition) is 5. The normalized spacial score (nSPS) is 16.5. The van der Waals surface area contributed by atoms with Gasteiger partial charge in [0, 0.05) is 16.1 Å². The van der Waals surface area contributed by atoms with Crippen molar-refractivity contribution < 1.29 is 19.1 Å². The van der Waals surface area contributed by atoms with E-state index in [1.54, 1.807) is 62.8 Å². The van der Waals surface area contributed by atoms with Gasteiger partial charge in [-0.1, -0.05) is 11.6 Å². The first-order valence-electron chi connectivity index (χ1n) is 7.81. The van der Waals surface area contributed by atoms with E-state index >= 15 is 0 Å². The van der Waals surface area contributed by atoms with Gasteiger partial charge in [0.25, 0.3) is 11.8 Å². The Morgan fingerprint density at radius 2 is 1.89 bits per heavy atom. The number of carbonyl (C=O) groups excluding carboxylic acids is 2. The van der Waals surface area contributed by atoms with Gasteiger partial charge in [0.2, 0.25) is 0 Å². The van der Waals surface area contributed by atoms with Gasteiger partial charge in [-0.15, -0.1) is 0 Å². The maximum absolute atomic E-state index is 12.2. The lowest BCUT2D eigenvalue weighted by molar-refractivity contribution is -0.115. The zero-order chi connectivity index (χ0) is 19.4. The molecule has 0 aromatic heterocycles. The van der Waals surface area contributed by atoms with Gasteiger partial charge in [0.1, 0.15) is 11.5 Å². The number of aliphatic imine (C=N–C) groups is 1. The summed E-state index contributed by atoms with van der Waals surface area (Å²) in [6, 6.07) is 11.6. The van der Waals surface area contributed by atoms with E-state index in [4.69, 9.17) is 21.1 Å². The van der Waals surface area contributed by atoms with Crippen molar-refractivity contribution in [2.45, 2.75) is 0 Å². The number of nitrogens with zero attached hydrogens (tertiary/aromatic N) is 1. The van der Waals surface area contributed by atoms with Gasteiger partial charge >= 0.3 is 0 Å². The number of methoxy groups -OCH3 is 2. The molecule has 1 N–H and O–H groups in total. The van der Waals surface area contributed by atoms with E-state index in [-0.39, 0.29) is 11.1 Å². The molecule has 0 saturated carbocycles. The lowest BCUT2D eigenvalue weighted by Gasteiger charge is -2.07. The first kappa shape index (κ1) is 19.0. The summed E-state index contributed by atoms with van der Waals surface area (Å²) in [6.07, 6.45) is 1.66. The molecule has 1 aliphatic heterocycles. The smallest absolute Gasteiger partial charge is 0.279 e. The summed E-state index contributed by atoms with van der Waals surface area (Å²) in [5.74, 6) is 0.430. The van der Waals surface area contributed by atoms with Crippen LogP contribution >= 0.6 is 23.4 Å². The van der Waals surface area contributed by atoms with Crippen molar-refractivity contribution in [2.24, 2.45) is 4.99 Å². The van der Waals surface area contributed by atoms with Gasteiger partial charge in [-0.25, -0.2) is 0 Å². The third-order valence-electron chi connectivity index (χ3n) is 3.67. The average Bonchev–Trinajstić information content (AvgIpc) is 3.01. The predicted octanol–water partition coefficient (Wildman–Crippen LogP) is 3.76. The van der Waals surface area contributed by atoms with Crippen LogP contribution in [0.15, 0.2) is 52.4 Å². The molecule has 8 heteroatoms. The van der Waals surface area contributed by atoms with Crippen molar-refractivity contribution in [3.63, 3.8) is 0 Å². The Bertz CT molecular complexity index is 955. The highest BCUT2D eigenvalue weighted by atomic mass is 35.5. The minimum atomic E-state index is -0.463. The fourth-order valence-corrected chi connectivity index (χ4v) is 3.26. The van der Waals surface area contributed by atoms with E-state index in [0.717, 1.165) is 11.8 Å². The minimum Gasteiger partial charge on any atom is -0.497 e. The summed E-state index contributed by atoms with van der Waals surface area (Å²) in [4.78, 5) is 28.8. The van der Waals surface area contributed by atoms with Crippen molar-refractivity contribution in [1.29, 1.82) is 0 Å². The van der Waals surface area contributed by atoms with Gasteiger partial charge < -0.3 is 14.8 Å². The highest BCUT2D eigenvalue weighted by Crippen LogP contribution is 2.31. The second-order valence-electron chi connectivity index (χ2n) is 5.40. The van der Waals surface area contributed by atoms with E-state index in [0.29, 0.717) is 32.6 Å². The number of benzene rings is 2. The second-order valence-corrected chi connectivity index (χ2v) is 6.87. The van der Waals surface area contributed by atoms with Crippen LogP contribution in [0.5, 0.6) is 11.5 Å². The maximum Gasteiger partial charge on any atom is 0.279 e. The van der Waals surface area contributed by atoms with Crippen LogP contribution in [0.3, 0.4) is 0 Å². The summed E-state index contributed by atoms with van der Waals surface area (Å²) >= 11 is 6.89. The van der Waals surface area contributed by atoms with Crippen molar-refractivity contribution in [2.75, 3.05) is 14.2 Å². The molecule has 2 amide bonds. The van der Waals surface area contributed by atoms with Gasteiger partial charge in [-0.2, -0.15) is 4.99 Å². The Morgan fingerprint density at radius 1 is 1.15 bits per heavy atom. The molecule has 0 radical (unpaired) electrons. The Balaban J connectivity index is 1.84. The largest absolute Gasteiger partial charge is 0.497 e. The number of ether oxygens (including phenoxy) is 2. The predicted molar refractivity (Wildman–Crippen MR) is 106 cm³/mol. The molecule has 0 unspecified atom stereocenters. The molecule has 1 aliphatic rings. The number of halogens is 1. The van der Waals surface area contributed by atoms with Crippen LogP contribution in [-0.2, 0) is 4.79 Å². The Hall–Kier alpha value is -2.77. The zero-order valence-corrected chi connectivity index (χ0v) is 16.1. The molecule has 1 heterocycles. The number of thioether (sulfide) groups is 1. The third-order valence-corrected chi connectivity index (χ3v) is 4.83. The first-order chi connectivity index (χ1) is 13.0. The number of hydrogen-bond donors (Lipinski definition) is 1. The van der Waals surface area contributed by atoms with Crippen molar-refractivity contribution in [1.82, 2.24) is 5.32 Å². The summed E-state index contributed by atoms with van der Waals surface area (Å²) in [6.45, 7) is 0. The van der Waals surface area contributed by atoms with Crippen LogP contribution in [0, 0.1) is 0 Å². The lowest BCUT2D eigenvalue weighted by Crippen LogP contribution is -2.20. The van der Waals surface area contributed by atoms with E-state index in [9.17, 15) is 9.59 Å². The van der Waals surface area contributed by atoms with E-state index in [1.165, 1.54) is 0 Å². The molecule has 138 valence electrons. The Morgan fingerprint density at radius 3 is 2.56 bits per heavy atom. The zero-order valence-electron chi connectivity index (χ0n) is 14.5. The quantitative estimate of drug-likeness (QED) is 0.788. The summed E-state index contributed by atoms with van der Waals surface area (Å²) in [5, 5.41) is 3.33. The van der Waals surface area contributed by atoms with E-state index in [1.807, 2.05) is 0 Å². The molecule has 0 bridgehead atoms. The first-order valence-corrected chi connectivity index (χ1v) is 9.01. The number of nitrogens with one attached hydrogen (secondary N) is 1. The number of amidine groups is 1. The average molecular weight is 403 g/mol. The topological polar surface area (TPSA) is 77.0 Å². The summed E-state index contributed by atoms with van der Waals surface area (Å²) in [7, 11) is 3.10. The van der Waals surface area contributed by atoms with Crippen LogP contribution in [0.1, 0.15) is 15.9 Å². The summed E-state index contributed by atoms with van der Waals surface area (Å²) < 4.78 is 10.5. The molecular formula is C19H15ClN2O4S. The highest BCUT2D eigenvalue weighted by molar-refractivity contribution is 8.18. The lowest BCUT2D eigenvalue weighted by atomic mass is 10.1. The van der Waals surface area contributed by atoms with Crippen molar-refractivity contribution in [3.05, 3.63) is 63.5 Å². The molecule has 0 spiro atoms. The van der Waals surface area contributed by atoms with Gasteiger partial charge in [0.15, 0.2) is 5.17 Å². The molecule has 3 rings (SSSR count). The molecule has 27 heavy (non-hydrogen) atoms. The van der Waals surface area contributed by atoms with E-state index in [2.05, 4.69) is 10.3 Å². The van der Waals surface area contributed by atoms with Crippen LogP contribution in [0.2, 0.25) is 5.02 Å². The minimum absolute atomic E-state index is 0.216. The molecule has 6 nitrogen and oxygen atoms in total. The number of carbonyl (C=O) groups is 2. The van der Waals surface area contributed by atoms with Crippen LogP contribution in [-0.4, -0.2) is 31.2 Å². The van der Waals surface area contributed by atoms with Crippen LogP contribution in [0.4, 0.5) is 0 Å². The van der Waals surface area contributed by atoms with E-state index < -0.39 is 5.91 Å². The fourth-order valence-electron chi connectivity index (χ4n) is 2.32. The molecule has 2 aromatic rings. The molecule has 0 aliphatic carbocycles. The molecule has 2 aromatic carbocycles. The second kappa shape index (κ2) is 8.28. The Kier molecular flexibility index (Phi) is 5.83. The molecule has 1 saturated heterocycles. The number of rotatable bonds is 4. The monoisotopic (exact) mass is 402 g/mol. The fraction of sp³-hybridized carbons (Fsp3) is 0.105. The molecular weight excluding hydrogens is 388 g/mol. The van der Waals surface area contributed by atoms with Gasteiger partial charge in [-0.05, 0) is 60.3 Å². The summed E-state index contributed by atoms with van der Waals surface area (Å²) in [5.41, 5.74) is 1.06. The highest BCUT2D eigenvalue weighted by Gasteiger charge is 2.25. The SMILES string of the molecule is COc1ccc(OC)c(/C=C2\SC(=NC(=O)c3ccc(Cl)cc3)NC2=O)c1. The standard InChI is InChI=1S/C19H15ClN2O4S/c1-25-14-7-8-15(26-2)12(9-14)10-16-18(24)22-19(27-16)21-17(23)11-3-5-13(20)6-4-11/h3-10H,1-2H3,(H,21,22,23,24)/b16-10-. The number of amides is 2.